The molecule has 2 heterocycles. The number of nitrogens with zero attached hydrogens (tertiary/aromatic N) is 3. The van der Waals surface area contributed by atoms with Gasteiger partial charge in [-0.05, 0) is 31.0 Å². The first kappa shape index (κ1) is 17.9. The van der Waals surface area contributed by atoms with E-state index in [0.717, 1.165) is 41.0 Å². The molecule has 0 saturated carbocycles. The van der Waals surface area contributed by atoms with Gasteiger partial charge < -0.3 is 10.1 Å². The Morgan fingerprint density at radius 1 is 1.17 bits per heavy atom. The number of ketones is 1. The van der Waals surface area contributed by atoms with Crippen molar-refractivity contribution in [3.05, 3.63) is 70.4 Å². The summed E-state index contributed by atoms with van der Waals surface area (Å²) in [5, 5.41) is 8.71. The lowest BCUT2D eigenvalue weighted by Gasteiger charge is -2.32. The zero-order valence-corrected chi connectivity index (χ0v) is 16.6. The van der Waals surface area contributed by atoms with E-state index < -0.39 is 6.04 Å². The molecule has 6 nitrogen and oxygen atoms in total. The molecule has 7 heteroatoms. The lowest BCUT2D eigenvalue weighted by molar-refractivity contribution is -0.116. The molecule has 29 heavy (non-hydrogen) atoms. The standard InChI is InChI=1S/C22H19ClN4O2/c1-29-14-7-4-6-13(12-14)21-25-22-24-17-10-5-11-18(28)19(17)20(27(22)26-21)15-8-2-3-9-16(15)23/h2-4,6-9,12,20H,5,10-11H2,1H3,(H,24,25,26)/t20-/m0/s1. The zero-order chi connectivity index (χ0) is 20.0. The van der Waals surface area contributed by atoms with Gasteiger partial charge in [0.25, 0.3) is 0 Å². The number of rotatable bonds is 3. The molecule has 1 aromatic heterocycles. The summed E-state index contributed by atoms with van der Waals surface area (Å²) in [4.78, 5) is 17.6. The number of carbonyl (C=O) groups excluding carboxylic acids is 1. The van der Waals surface area contributed by atoms with Gasteiger partial charge in [-0.15, -0.1) is 5.10 Å². The fourth-order valence-electron chi connectivity index (χ4n) is 4.03. The van der Waals surface area contributed by atoms with Crippen LogP contribution < -0.4 is 10.1 Å². The number of ether oxygens (including phenoxy) is 1. The van der Waals surface area contributed by atoms with Gasteiger partial charge in [-0.25, -0.2) is 4.68 Å². The van der Waals surface area contributed by atoms with E-state index in [1.54, 1.807) is 11.8 Å². The van der Waals surface area contributed by atoms with E-state index >= 15 is 0 Å². The molecule has 0 spiro atoms. The van der Waals surface area contributed by atoms with Gasteiger partial charge in [-0.2, -0.15) is 4.98 Å². The van der Waals surface area contributed by atoms with Gasteiger partial charge in [0.2, 0.25) is 5.95 Å². The van der Waals surface area contributed by atoms with Crippen LogP contribution in [0.5, 0.6) is 5.75 Å². The number of fused-ring (bicyclic) bond motifs is 1. The van der Waals surface area contributed by atoms with Crippen LogP contribution in [0, 0.1) is 0 Å². The maximum absolute atomic E-state index is 12.9. The predicted octanol–water partition coefficient (Wildman–Crippen LogP) is 4.63. The second-order valence-electron chi connectivity index (χ2n) is 7.15. The smallest absolute Gasteiger partial charge is 0.226 e. The average Bonchev–Trinajstić information content (AvgIpc) is 3.17. The number of hydrogen-bond acceptors (Lipinski definition) is 5. The van der Waals surface area contributed by atoms with Crippen LogP contribution in [0.4, 0.5) is 5.95 Å². The van der Waals surface area contributed by atoms with Crippen molar-refractivity contribution in [1.29, 1.82) is 0 Å². The van der Waals surface area contributed by atoms with Crippen LogP contribution in [-0.2, 0) is 4.79 Å². The van der Waals surface area contributed by atoms with Crippen molar-refractivity contribution in [2.24, 2.45) is 0 Å². The second kappa shape index (κ2) is 7.04. The number of allylic oxidation sites excluding steroid dienone is 2. The third-order valence-electron chi connectivity index (χ3n) is 5.40. The monoisotopic (exact) mass is 406 g/mol. The highest BCUT2D eigenvalue weighted by atomic mass is 35.5. The molecule has 146 valence electrons. The first-order valence-electron chi connectivity index (χ1n) is 9.54. The first-order valence-corrected chi connectivity index (χ1v) is 9.92. The van der Waals surface area contributed by atoms with Gasteiger partial charge in [0.1, 0.15) is 11.8 Å². The highest BCUT2D eigenvalue weighted by Gasteiger charge is 2.37. The molecule has 1 N–H and O–H groups in total. The van der Waals surface area contributed by atoms with E-state index in [1.165, 1.54) is 0 Å². The van der Waals surface area contributed by atoms with E-state index in [9.17, 15) is 4.79 Å². The van der Waals surface area contributed by atoms with E-state index in [-0.39, 0.29) is 5.78 Å². The second-order valence-corrected chi connectivity index (χ2v) is 7.56. The maximum Gasteiger partial charge on any atom is 0.226 e. The third-order valence-corrected chi connectivity index (χ3v) is 5.74. The van der Waals surface area contributed by atoms with Crippen molar-refractivity contribution in [1.82, 2.24) is 14.8 Å². The van der Waals surface area contributed by atoms with Crippen molar-refractivity contribution in [3.8, 4) is 17.1 Å². The van der Waals surface area contributed by atoms with Crippen LogP contribution in [0.1, 0.15) is 30.9 Å². The van der Waals surface area contributed by atoms with Gasteiger partial charge in [0.15, 0.2) is 11.6 Å². The summed E-state index contributed by atoms with van der Waals surface area (Å²) in [6.45, 7) is 0. The van der Waals surface area contributed by atoms with E-state index in [2.05, 4.69) is 5.32 Å². The van der Waals surface area contributed by atoms with Crippen LogP contribution in [-0.4, -0.2) is 27.7 Å². The van der Waals surface area contributed by atoms with Gasteiger partial charge >= 0.3 is 0 Å². The minimum atomic E-state index is -0.394. The predicted molar refractivity (Wildman–Crippen MR) is 111 cm³/mol. The number of nitrogens with one attached hydrogen (secondary N) is 1. The molecule has 0 bridgehead atoms. The SMILES string of the molecule is COc1cccc(-c2nc3n(n2)[C@@H](c2ccccc2Cl)C2=C(CCCC2=O)N3)c1. The van der Waals surface area contributed by atoms with E-state index in [0.29, 0.717) is 23.2 Å². The topological polar surface area (TPSA) is 69.0 Å². The molecule has 2 aromatic carbocycles. The minimum Gasteiger partial charge on any atom is -0.497 e. The molecule has 0 fully saturated rings. The van der Waals surface area contributed by atoms with Crippen molar-refractivity contribution >= 4 is 23.3 Å². The summed E-state index contributed by atoms with van der Waals surface area (Å²) < 4.78 is 7.10. The van der Waals surface area contributed by atoms with Crippen LogP contribution in [0.15, 0.2) is 59.8 Å². The van der Waals surface area contributed by atoms with Crippen LogP contribution in [0.2, 0.25) is 5.02 Å². The summed E-state index contributed by atoms with van der Waals surface area (Å²) in [7, 11) is 1.63. The normalized spacial score (nSPS) is 18.1. The Morgan fingerprint density at radius 2 is 2.03 bits per heavy atom. The number of benzene rings is 2. The first-order chi connectivity index (χ1) is 14.2. The number of carbonyl (C=O) groups is 1. The van der Waals surface area contributed by atoms with Gasteiger partial charge in [0, 0.05) is 33.8 Å². The number of methoxy groups -OCH3 is 1. The summed E-state index contributed by atoms with van der Waals surface area (Å²) >= 11 is 6.53. The summed E-state index contributed by atoms with van der Waals surface area (Å²) in [5.41, 5.74) is 3.35. The number of anilines is 1. The Kier molecular flexibility index (Phi) is 4.36. The Labute approximate surface area is 173 Å². The number of halogens is 1. The van der Waals surface area contributed by atoms with Gasteiger partial charge in [-0.3, -0.25) is 4.79 Å². The lowest BCUT2D eigenvalue weighted by Crippen LogP contribution is -2.31. The van der Waals surface area contributed by atoms with Crippen LogP contribution in [0.25, 0.3) is 11.4 Å². The summed E-state index contributed by atoms with van der Waals surface area (Å²) in [6.07, 6.45) is 2.18. The summed E-state index contributed by atoms with van der Waals surface area (Å²) in [6, 6.07) is 14.8. The Bertz CT molecular complexity index is 1150. The molecule has 0 radical (unpaired) electrons. The van der Waals surface area contributed by atoms with Gasteiger partial charge in [0.05, 0.1) is 7.11 Å². The molecule has 0 saturated heterocycles. The Morgan fingerprint density at radius 3 is 2.86 bits per heavy atom. The van der Waals surface area contributed by atoms with Crippen LogP contribution >= 0.6 is 11.6 Å². The Balaban J connectivity index is 1.68. The third kappa shape index (κ3) is 3.00. The Hall–Kier alpha value is -3.12. The van der Waals surface area contributed by atoms with E-state index in [4.69, 9.17) is 26.4 Å². The molecule has 3 aromatic rings. The van der Waals surface area contributed by atoms with Crippen molar-refractivity contribution in [3.63, 3.8) is 0 Å². The van der Waals surface area contributed by atoms with Crippen molar-refractivity contribution < 1.29 is 9.53 Å². The fourth-order valence-corrected chi connectivity index (χ4v) is 4.26. The number of aromatic nitrogens is 3. The number of Topliss-reactive ketones (excluding diaryl/α,β-unsaturated/α-hetero) is 1. The maximum atomic E-state index is 12.9. The molecular formula is C22H19ClN4O2. The highest BCUT2D eigenvalue weighted by molar-refractivity contribution is 6.31. The molecule has 1 aliphatic heterocycles. The van der Waals surface area contributed by atoms with E-state index in [1.807, 2.05) is 48.5 Å². The molecule has 1 aliphatic carbocycles. The molecular weight excluding hydrogens is 388 g/mol. The molecule has 2 aliphatic rings. The van der Waals surface area contributed by atoms with Crippen molar-refractivity contribution in [2.75, 3.05) is 12.4 Å². The fraction of sp³-hybridized carbons (Fsp3) is 0.227. The minimum absolute atomic E-state index is 0.132. The number of hydrogen-bond donors (Lipinski definition) is 1. The zero-order valence-electron chi connectivity index (χ0n) is 15.9. The largest absolute Gasteiger partial charge is 0.497 e. The quantitative estimate of drug-likeness (QED) is 0.686. The highest BCUT2D eigenvalue weighted by Crippen LogP contribution is 2.42. The van der Waals surface area contributed by atoms with Crippen molar-refractivity contribution in [2.45, 2.75) is 25.3 Å². The summed E-state index contributed by atoms with van der Waals surface area (Å²) in [5.74, 6) is 2.04. The molecule has 0 amide bonds. The lowest BCUT2D eigenvalue weighted by atomic mass is 9.85. The molecule has 5 rings (SSSR count). The molecule has 1 atom stereocenters. The van der Waals surface area contributed by atoms with Gasteiger partial charge in [-0.1, -0.05) is 41.9 Å². The molecule has 0 unspecified atom stereocenters. The van der Waals surface area contributed by atoms with Crippen LogP contribution in [0.3, 0.4) is 0 Å². The average molecular weight is 407 g/mol.